The molecule has 0 aromatic carbocycles. The quantitative estimate of drug-likeness (QED) is 0.455. The lowest BCUT2D eigenvalue weighted by atomic mass is 10.3. The zero-order chi connectivity index (χ0) is 8.85. The van der Waals surface area contributed by atoms with E-state index in [1.54, 1.807) is 6.92 Å². The monoisotopic (exact) mass is 160 g/mol. The fourth-order valence-corrected chi connectivity index (χ4v) is 0.541. The van der Waals surface area contributed by atoms with Gasteiger partial charge >= 0.3 is 0 Å². The number of hydrogen-bond donors (Lipinski definition) is 0. The van der Waals surface area contributed by atoms with Crippen molar-refractivity contribution in [2.45, 2.75) is 6.92 Å². The molecule has 1 nitrogen and oxygen atoms in total. The number of ether oxygens (including phenoxy) is 1. The Kier molecular flexibility index (Phi) is 4.18. The fraction of sp³-hybridized carbons (Fsp3) is 0.250. The summed E-state index contributed by atoms with van der Waals surface area (Å²) in [6.07, 6.45) is 2.12. The first-order chi connectivity index (χ1) is 5.17. The molecule has 0 radical (unpaired) electrons. The summed E-state index contributed by atoms with van der Waals surface area (Å²) in [6, 6.07) is 0. The average Bonchev–Trinajstić information content (AvgIpc) is 2.05. The molecule has 0 rings (SSSR count). The maximum absolute atomic E-state index is 12.7. The van der Waals surface area contributed by atoms with Gasteiger partial charge in [0.1, 0.15) is 0 Å². The molecule has 3 heteroatoms. The summed E-state index contributed by atoms with van der Waals surface area (Å²) in [5.74, 6) is -2.16. The Bertz CT molecular complexity index is 204. The molecular weight excluding hydrogens is 150 g/mol. The predicted molar refractivity (Wildman–Crippen MR) is 40.2 cm³/mol. The fourth-order valence-electron chi connectivity index (χ4n) is 0.541. The third-order valence-electron chi connectivity index (χ3n) is 1.09. The molecule has 0 saturated heterocycles. The van der Waals surface area contributed by atoms with Crippen LogP contribution < -0.4 is 0 Å². The van der Waals surface area contributed by atoms with Crippen LogP contribution in [0.5, 0.6) is 0 Å². The minimum atomic E-state index is -1.02. The van der Waals surface area contributed by atoms with Gasteiger partial charge < -0.3 is 4.74 Å². The molecule has 0 bridgehead atoms. The minimum absolute atomic E-state index is 0.123. The normalized spacial score (nSPS) is 14.0. The summed E-state index contributed by atoms with van der Waals surface area (Å²) in [4.78, 5) is 0. The van der Waals surface area contributed by atoms with Crippen LogP contribution >= 0.6 is 0 Å². The standard InChI is InChI=1S/C8H10F2O/c1-4-6(9)8(10)7(5-2)11-3/h4-5H,1H2,2-3H3/b7-5+,8-6-. The van der Waals surface area contributed by atoms with Gasteiger partial charge in [0.25, 0.3) is 0 Å². The zero-order valence-corrected chi connectivity index (χ0v) is 6.53. The van der Waals surface area contributed by atoms with Crippen LogP contribution in [0.2, 0.25) is 0 Å². The Morgan fingerprint density at radius 3 is 2.27 bits per heavy atom. The number of hydrogen-bond acceptors (Lipinski definition) is 1. The Morgan fingerprint density at radius 2 is 2.00 bits per heavy atom. The summed E-state index contributed by atoms with van der Waals surface area (Å²) in [5, 5.41) is 0. The van der Waals surface area contributed by atoms with Crippen LogP contribution in [-0.4, -0.2) is 7.11 Å². The molecule has 0 aromatic rings. The van der Waals surface area contributed by atoms with Crippen LogP contribution in [0.25, 0.3) is 0 Å². The van der Waals surface area contributed by atoms with Crippen molar-refractivity contribution in [1.82, 2.24) is 0 Å². The van der Waals surface area contributed by atoms with Crippen molar-refractivity contribution in [3.8, 4) is 0 Å². The van der Waals surface area contributed by atoms with E-state index >= 15 is 0 Å². The van der Waals surface area contributed by atoms with E-state index < -0.39 is 11.7 Å². The second-order valence-corrected chi connectivity index (χ2v) is 1.72. The van der Waals surface area contributed by atoms with E-state index in [0.29, 0.717) is 0 Å². The van der Waals surface area contributed by atoms with Gasteiger partial charge in [-0.15, -0.1) is 0 Å². The molecule has 11 heavy (non-hydrogen) atoms. The smallest absolute Gasteiger partial charge is 0.200 e. The van der Waals surface area contributed by atoms with Gasteiger partial charge in [0.05, 0.1) is 7.11 Å². The molecule has 0 fully saturated rings. The average molecular weight is 160 g/mol. The van der Waals surface area contributed by atoms with Crippen molar-refractivity contribution in [3.63, 3.8) is 0 Å². The van der Waals surface area contributed by atoms with Gasteiger partial charge in [0.2, 0.25) is 0 Å². The van der Waals surface area contributed by atoms with Gasteiger partial charge in [-0.3, -0.25) is 0 Å². The third kappa shape index (κ3) is 2.53. The van der Waals surface area contributed by atoms with Crippen LogP contribution in [0.15, 0.2) is 36.1 Å². The second kappa shape index (κ2) is 4.66. The van der Waals surface area contributed by atoms with Crippen LogP contribution in [-0.2, 0) is 4.74 Å². The van der Waals surface area contributed by atoms with Crippen molar-refractivity contribution < 1.29 is 13.5 Å². The van der Waals surface area contributed by atoms with Crippen molar-refractivity contribution in [1.29, 1.82) is 0 Å². The number of halogens is 2. The van der Waals surface area contributed by atoms with E-state index in [2.05, 4.69) is 11.3 Å². The minimum Gasteiger partial charge on any atom is -0.494 e. The highest BCUT2D eigenvalue weighted by atomic mass is 19.2. The second-order valence-electron chi connectivity index (χ2n) is 1.72. The lowest BCUT2D eigenvalue weighted by Crippen LogP contribution is -1.88. The number of allylic oxidation sites excluding steroid dienone is 4. The molecule has 62 valence electrons. The summed E-state index contributed by atoms with van der Waals surface area (Å²) >= 11 is 0. The Morgan fingerprint density at radius 1 is 1.45 bits per heavy atom. The predicted octanol–water partition coefficient (Wildman–Crippen LogP) is 2.87. The lowest BCUT2D eigenvalue weighted by Gasteiger charge is -2.01. The van der Waals surface area contributed by atoms with E-state index in [4.69, 9.17) is 0 Å². The number of methoxy groups -OCH3 is 1. The summed E-state index contributed by atoms with van der Waals surface area (Å²) in [5.41, 5.74) is 0. The molecule has 0 amide bonds. The van der Waals surface area contributed by atoms with Crippen LogP contribution in [0.4, 0.5) is 8.78 Å². The van der Waals surface area contributed by atoms with E-state index in [0.717, 1.165) is 6.08 Å². The lowest BCUT2D eigenvalue weighted by molar-refractivity contribution is 0.278. The van der Waals surface area contributed by atoms with Crippen LogP contribution in [0.3, 0.4) is 0 Å². The van der Waals surface area contributed by atoms with Gasteiger partial charge in [-0.05, 0) is 19.1 Å². The van der Waals surface area contributed by atoms with Crippen molar-refractivity contribution in [3.05, 3.63) is 36.1 Å². The Balaban J connectivity index is 4.70. The van der Waals surface area contributed by atoms with Gasteiger partial charge in [-0.1, -0.05) is 6.58 Å². The van der Waals surface area contributed by atoms with E-state index in [-0.39, 0.29) is 5.76 Å². The maximum Gasteiger partial charge on any atom is 0.200 e. The third-order valence-corrected chi connectivity index (χ3v) is 1.09. The Hall–Kier alpha value is -1.12. The van der Waals surface area contributed by atoms with Crippen LogP contribution in [0.1, 0.15) is 6.92 Å². The first-order valence-electron chi connectivity index (χ1n) is 3.05. The van der Waals surface area contributed by atoms with Gasteiger partial charge in [-0.25, -0.2) is 4.39 Å². The van der Waals surface area contributed by atoms with E-state index in [9.17, 15) is 8.78 Å². The van der Waals surface area contributed by atoms with E-state index in [1.165, 1.54) is 13.2 Å². The number of rotatable bonds is 3. The molecule has 0 atom stereocenters. The topological polar surface area (TPSA) is 9.23 Å². The molecular formula is C8H10F2O. The molecule has 0 aliphatic heterocycles. The molecule has 0 spiro atoms. The molecule has 0 heterocycles. The molecule has 0 aromatic heterocycles. The SMILES string of the molecule is C=C/C(F)=C(F)\C(=C/C)OC. The molecule has 0 aliphatic rings. The van der Waals surface area contributed by atoms with Crippen molar-refractivity contribution >= 4 is 0 Å². The zero-order valence-electron chi connectivity index (χ0n) is 6.53. The van der Waals surface area contributed by atoms with Gasteiger partial charge in [-0.2, -0.15) is 4.39 Å². The largest absolute Gasteiger partial charge is 0.494 e. The van der Waals surface area contributed by atoms with E-state index in [1.807, 2.05) is 0 Å². The Labute approximate surface area is 64.7 Å². The summed E-state index contributed by atoms with van der Waals surface area (Å²) in [7, 11) is 1.27. The highest BCUT2D eigenvalue weighted by Crippen LogP contribution is 2.18. The first-order valence-corrected chi connectivity index (χ1v) is 3.05. The van der Waals surface area contributed by atoms with Gasteiger partial charge in [0, 0.05) is 0 Å². The maximum atomic E-state index is 12.7. The molecule has 0 unspecified atom stereocenters. The highest BCUT2D eigenvalue weighted by Gasteiger charge is 2.07. The molecule has 0 aliphatic carbocycles. The van der Waals surface area contributed by atoms with Crippen LogP contribution in [0, 0.1) is 0 Å². The summed E-state index contributed by atoms with van der Waals surface area (Å²) in [6.45, 7) is 4.63. The molecule has 0 saturated carbocycles. The summed E-state index contributed by atoms with van der Waals surface area (Å²) < 4.78 is 29.6. The van der Waals surface area contributed by atoms with Crippen molar-refractivity contribution in [2.75, 3.05) is 7.11 Å². The van der Waals surface area contributed by atoms with Crippen molar-refractivity contribution in [2.24, 2.45) is 0 Å². The highest BCUT2D eigenvalue weighted by molar-refractivity contribution is 5.26. The molecule has 0 N–H and O–H groups in total. The van der Waals surface area contributed by atoms with Gasteiger partial charge in [0.15, 0.2) is 17.4 Å². The first kappa shape index (κ1) is 9.88.